The number of halogens is 2. The number of hydrogen-bond acceptors (Lipinski definition) is 2. The fraction of sp³-hybridized carbons (Fsp3) is 0.556. The van der Waals surface area contributed by atoms with Gasteiger partial charge in [-0.2, -0.15) is 19.1 Å². The number of rotatable bonds is 0. The summed E-state index contributed by atoms with van der Waals surface area (Å²) in [6.07, 6.45) is 0.500. The SMILES string of the molecule is Cn1nc(C#N)c2c1C(F)(F)[C@@H]1C[C@H]21. The zero-order valence-electron chi connectivity index (χ0n) is 7.46. The van der Waals surface area contributed by atoms with Crippen LogP contribution >= 0.6 is 0 Å². The van der Waals surface area contributed by atoms with Gasteiger partial charge in [0.1, 0.15) is 11.8 Å². The molecule has 0 saturated heterocycles. The Kier molecular flexibility index (Phi) is 1.12. The molecule has 0 spiro atoms. The van der Waals surface area contributed by atoms with Crippen LogP contribution in [0, 0.1) is 17.2 Å². The monoisotopic (exact) mass is 195 g/mol. The standard InChI is InChI=1S/C9H7F2N3/c1-14-8-7(6(3-12)13-14)4-2-5(4)9(8,10)11/h4-5H,2H2,1H3/t4-,5+/m0/s1. The van der Waals surface area contributed by atoms with Crippen LogP contribution in [0.1, 0.15) is 29.3 Å². The molecule has 1 aromatic heterocycles. The molecule has 3 nitrogen and oxygen atoms in total. The Labute approximate surface area is 78.9 Å². The molecule has 2 atom stereocenters. The topological polar surface area (TPSA) is 41.6 Å². The molecule has 0 unspecified atom stereocenters. The van der Waals surface area contributed by atoms with Gasteiger partial charge in [0.15, 0.2) is 5.69 Å². The smallest absolute Gasteiger partial charge is 0.265 e. The zero-order chi connectivity index (χ0) is 10.1. The summed E-state index contributed by atoms with van der Waals surface area (Å²) < 4.78 is 28.4. The molecular formula is C9H7F2N3. The van der Waals surface area contributed by atoms with Crippen LogP contribution in [0.15, 0.2) is 0 Å². The second-order valence-electron chi connectivity index (χ2n) is 3.92. The van der Waals surface area contributed by atoms with Crippen molar-refractivity contribution in [1.82, 2.24) is 9.78 Å². The summed E-state index contributed by atoms with van der Waals surface area (Å²) in [6, 6.07) is 1.88. The summed E-state index contributed by atoms with van der Waals surface area (Å²) in [7, 11) is 1.47. The Morgan fingerprint density at radius 1 is 1.64 bits per heavy atom. The quantitative estimate of drug-likeness (QED) is 0.629. The van der Waals surface area contributed by atoms with Gasteiger partial charge in [0.2, 0.25) is 0 Å². The third kappa shape index (κ3) is 0.649. The van der Waals surface area contributed by atoms with E-state index in [0.717, 1.165) is 4.68 Å². The molecule has 14 heavy (non-hydrogen) atoms. The van der Waals surface area contributed by atoms with Crippen molar-refractivity contribution in [2.45, 2.75) is 18.3 Å². The van der Waals surface area contributed by atoms with Crippen molar-refractivity contribution < 1.29 is 8.78 Å². The summed E-state index contributed by atoms with van der Waals surface area (Å²) in [5, 5.41) is 12.5. The highest BCUT2D eigenvalue weighted by Gasteiger charge is 2.66. The molecule has 0 amide bonds. The van der Waals surface area contributed by atoms with Crippen LogP contribution in [0.25, 0.3) is 0 Å². The normalized spacial score (nSPS) is 30.7. The predicted molar refractivity (Wildman–Crippen MR) is 42.7 cm³/mol. The molecule has 1 heterocycles. The third-order valence-corrected chi connectivity index (χ3v) is 3.13. The van der Waals surface area contributed by atoms with E-state index in [9.17, 15) is 8.78 Å². The van der Waals surface area contributed by atoms with Gasteiger partial charge in [0.25, 0.3) is 5.92 Å². The minimum atomic E-state index is -2.78. The van der Waals surface area contributed by atoms with Gasteiger partial charge < -0.3 is 0 Å². The Morgan fingerprint density at radius 2 is 2.36 bits per heavy atom. The van der Waals surface area contributed by atoms with Crippen LogP contribution in [0.4, 0.5) is 8.78 Å². The summed E-state index contributed by atoms with van der Waals surface area (Å²) in [5.74, 6) is -3.48. The number of nitriles is 1. The molecule has 3 rings (SSSR count). The van der Waals surface area contributed by atoms with E-state index < -0.39 is 11.8 Å². The number of nitrogens with zero attached hydrogens (tertiary/aromatic N) is 3. The van der Waals surface area contributed by atoms with Gasteiger partial charge in [-0.3, -0.25) is 4.68 Å². The summed E-state index contributed by atoms with van der Waals surface area (Å²) in [4.78, 5) is 0. The number of alkyl halides is 2. The van der Waals surface area contributed by atoms with Crippen LogP contribution in [0.2, 0.25) is 0 Å². The lowest BCUT2D eigenvalue weighted by Crippen LogP contribution is -2.18. The van der Waals surface area contributed by atoms with E-state index in [1.165, 1.54) is 7.05 Å². The molecule has 0 aromatic carbocycles. The highest BCUT2D eigenvalue weighted by molar-refractivity contribution is 5.49. The molecule has 2 aliphatic rings. The third-order valence-electron chi connectivity index (χ3n) is 3.13. The van der Waals surface area contributed by atoms with Crippen LogP contribution in [0.3, 0.4) is 0 Å². The van der Waals surface area contributed by atoms with Gasteiger partial charge in [0.05, 0.1) is 0 Å². The Morgan fingerprint density at radius 3 is 3.00 bits per heavy atom. The van der Waals surface area contributed by atoms with Crippen molar-refractivity contribution >= 4 is 0 Å². The van der Waals surface area contributed by atoms with Crippen molar-refractivity contribution in [3.8, 4) is 6.07 Å². The van der Waals surface area contributed by atoms with E-state index in [4.69, 9.17) is 5.26 Å². The number of aryl methyl sites for hydroxylation is 1. The summed E-state index contributed by atoms with van der Waals surface area (Å²) in [5.41, 5.74) is 0.618. The highest BCUT2D eigenvalue weighted by Crippen LogP contribution is 2.67. The molecule has 0 radical (unpaired) electrons. The van der Waals surface area contributed by atoms with E-state index in [0.29, 0.717) is 12.0 Å². The first-order chi connectivity index (χ1) is 6.57. The maximum absolute atomic E-state index is 13.6. The lowest BCUT2D eigenvalue weighted by atomic mass is 10.1. The van der Waals surface area contributed by atoms with E-state index in [1.807, 2.05) is 6.07 Å². The number of fused-ring (bicyclic) bond motifs is 3. The molecule has 1 aromatic rings. The lowest BCUT2D eigenvalue weighted by molar-refractivity contribution is -0.0301. The van der Waals surface area contributed by atoms with E-state index in [2.05, 4.69) is 5.10 Å². The van der Waals surface area contributed by atoms with Crippen LogP contribution < -0.4 is 0 Å². The number of hydrogen-bond donors (Lipinski definition) is 0. The summed E-state index contributed by atoms with van der Waals surface area (Å²) >= 11 is 0. The highest BCUT2D eigenvalue weighted by atomic mass is 19.3. The van der Waals surface area contributed by atoms with Crippen molar-refractivity contribution in [3.63, 3.8) is 0 Å². The summed E-state index contributed by atoms with van der Waals surface area (Å²) in [6.45, 7) is 0. The maximum Gasteiger partial charge on any atom is 0.293 e. The zero-order valence-corrected chi connectivity index (χ0v) is 7.46. The molecule has 1 fully saturated rings. The van der Waals surface area contributed by atoms with Crippen molar-refractivity contribution in [2.75, 3.05) is 0 Å². The molecule has 0 aliphatic heterocycles. The van der Waals surface area contributed by atoms with Gasteiger partial charge in [-0.1, -0.05) is 0 Å². The number of aromatic nitrogens is 2. The van der Waals surface area contributed by atoms with Gasteiger partial charge >= 0.3 is 0 Å². The molecule has 72 valence electrons. The minimum Gasteiger partial charge on any atom is -0.265 e. The molecule has 0 bridgehead atoms. The second kappa shape index (κ2) is 1.97. The Balaban J connectivity index is 2.32. The fourth-order valence-corrected chi connectivity index (χ4v) is 2.46. The average molecular weight is 195 g/mol. The lowest BCUT2D eigenvalue weighted by Gasteiger charge is -2.12. The van der Waals surface area contributed by atoms with Gasteiger partial charge in [-0.05, 0) is 12.3 Å². The molecule has 0 N–H and O–H groups in total. The van der Waals surface area contributed by atoms with E-state index in [-0.39, 0.29) is 17.3 Å². The Hall–Kier alpha value is -1.44. The second-order valence-corrected chi connectivity index (χ2v) is 3.92. The molecular weight excluding hydrogens is 188 g/mol. The van der Waals surface area contributed by atoms with Crippen molar-refractivity contribution in [2.24, 2.45) is 13.0 Å². The van der Waals surface area contributed by atoms with Gasteiger partial charge in [0, 0.05) is 18.5 Å². The fourth-order valence-electron chi connectivity index (χ4n) is 2.46. The first-order valence-corrected chi connectivity index (χ1v) is 4.42. The van der Waals surface area contributed by atoms with Gasteiger partial charge in [-0.15, -0.1) is 0 Å². The van der Waals surface area contributed by atoms with Crippen molar-refractivity contribution in [3.05, 3.63) is 17.0 Å². The minimum absolute atomic E-state index is 0.0460. The predicted octanol–water partition coefficient (Wildman–Crippen LogP) is 1.50. The first kappa shape index (κ1) is 7.92. The van der Waals surface area contributed by atoms with Crippen LogP contribution in [-0.4, -0.2) is 9.78 Å². The maximum atomic E-state index is 13.6. The van der Waals surface area contributed by atoms with E-state index >= 15 is 0 Å². The Bertz CT molecular complexity index is 469. The average Bonchev–Trinajstić information content (AvgIpc) is 2.79. The molecule has 2 aliphatic carbocycles. The van der Waals surface area contributed by atoms with E-state index in [1.54, 1.807) is 0 Å². The van der Waals surface area contributed by atoms with Crippen LogP contribution in [0.5, 0.6) is 0 Å². The largest absolute Gasteiger partial charge is 0.293 e. The van der Waals surface area contributed by atoms with Crippen molar-refractivity contribution in [1.29, 1.82) is 5.26 Å². The van der Waals surface area contributed by atoms with Crippen LogP contribution in [-0.2, 0) is 13.0 Å². The molecule has 1 saturated carbocycles. The van der Waals surface area contributed by atoms with Gasteiger partial charge in [-0.25, -0.2) is 0 Å². The first-order valence-electron chi connectivity index (χ1n) is 4.42. The molecule has 5 heteroatoms.